The van der Waals surface area contributed by atoms with Crippen molar-refractivity contribution in [3.8, 4) is 0 Å². The second-order valence-electron chi connectivity index (χ2n) is 4.57. The summed E-state index contributed by atoms with van der Waals surface area (Å²) in [5.41, 5.74) is 1.62. The van der Waals surface area contributed by atoms with Crippen molar-refractivity contribution >= 4 is 11.5 Å². The van der Waals surface area contributed by atoms with Crippen LogP contribution in [0.5, 0.6) is 0 Å². The first-order valence-electron chi connectivity index (χ1n) is 6.10. The first-order valence-corrected chi connectivity index (χ1v) is 6.10. The van der Waals surface area contributed by atoms with Gasteiger partial charge in [-0.05, 0) is 18.2 Å². The number of nitrogens with zero attached hydrogens (tertiary/aromatic N) is 3. The third-order valence-electron chi connectivity index (χ3n) is 2.88. The standard InChI is InChI=1S/C14H18N4O/c1-17(2)13-11(6-4-8-15-13)10-16-12-7-5-9-18(3)14(12)19/h4-9,16H,10H2,1-3H3. The van der Waals surface area contributed by atoms with Crippen LogP contribution < -0.4 is 15.8 Å². The highest BCUT2D eigenvalue weighted by molar-refractivity contribution is 5.48. The number of hydrogen-bond donors (Lipinski definition) is 1. The molecule has 0 aliphatic heterocycles. The van der Waals surface area contributed by atoms with E-state index >= 15 is 0 Å². The second kappa shape index (κ2) is 5.56. The minimum Gasteiger partial charge on any atom is -0.376 e. The summed E-state index contributed by atoms with van der Waals surface area (Å²) >= 11 is 0. The summed E-state index contributed by atoms with van der Waals surface area (Å²) < 4.78 is 1.55. The molecule has 5 nitrogen and oxygen atoms in total. The molecule has 0 unspecified atom stereocenters. The second-order valence-corrected chi connectivity index (χ2v) is 4.57. The van der Waals surface area contributed by atoms with E-state index < -0.39 is 0 Å². The highest BCUT2D eigenvalue weighted by atomic mass is 16.1. The Kier molecular flexibility index (Phi) is 3.85. The maximum atomic E-state index is 11.9. The summed E-state index contributed by atoms with van der Waals surface area (Å²) in [7, 11) is 5.64. The number of aromatic nitrogens is 2. The first kappa shape index (κ1) is 13.1. The molecule has 0 fully saturated rings. The molecule has 0 radical (unpaired) electrons. The average Bonchev–Trinajstić information content (AvgIpc) is 2.40. The molecule has 0 bridgehead atoms. The molecule has 0 aliphatic rings. The summed E-state index contributed by atoms with van der Waals surface area (Å²) in [5, 5.41) is 3.17. The van der Waals surface area contributed by atoms with Gasteiger partial charge >= 0.3 is 0 Å². The van der Waals surface area contributed by atoms with Crippen LogP contribution in [0.2, 0.25) is 0 Å². The average molecular weight is 258 g/mol. The zero-order chi connectivity index (χ0) is 13.8. The van der Waals surface area contributed by atoms with Gasteiger partial charge in [-0.1, -0.05) is 6.07 Å². The van der Waals surface area contributed by atoms with Crippen molar-refractivity contribution in [1.82, 2.24) is 9.55 Å². The molecule has 0 aromatic carbocycles. The molecule has 0 atom stereocenters. The van der Waals surface area contributed by atoms with Crippen molar-refractivity contribution in [3.63, 3.8) is 0 Å². The molecule has 0 saturated carbocycles. The number of anilines is 2. The summed E-state index contributed by atoms with van der Waals surface area (Å²) in [6.45, 7) is 0.570. The number of pyridine rings is 2. The van der Waals surface area contributed by atoms with Gasteiger partial charge in [0.1, 0.15) is 11.5 Å². The Balaban J connectivity index is 2.19. The lowest BCUT2D eigenvalue weighted by molar-refractivity contribution is 0.858. The zero-order valence-electron chi connectivity index (χ0n) is 11.4. The minimum absolute atomic E-state index is 0.0298. The van der Waals surface area contributed by atoms with E-state index in [0.717, 1.165) is 11.4 Å². The lowest BCUT2D eigenvalue weighted by atomic mass is 10.2. The van der Waals surface area contributed by atoms with Gasteiger partial charge in [-0.15, -0.1) is 0 Å². The highest BCUT2D eigenvalue weighted by Crippen LogP contribution is 2.15. The Morgan fingerprint density at radius 2 is 2.11 bits per heavy atom. The fraction of sp³-hybridized carbons (Fsp3) is 0.286. The Hall–Kier alpha value is -2.30. The maximum Gasteiger partial charge on any atom is 0.273 e. The molecule has 0 saturated heterocycles. The molecule has 1 N–H and O–H groups in total. The van der Waals surface area contributed by atoms with Crippen molar-refractivity contribution < 1.29 is 0 Å². The van der Waals surface area contributed by atoms with Crippen LogP contribution in [0.3, 0.4) is 0 Å². The molecule has 100 valence electrons. The molecule has 0 spiro atoms. The fourth-order valence-electron chi connectivity index (χ4n) is 1.89. The number of nitrogens with one attached hydrogen (secondary N) is 1. The quantitative estimate of drug-likeness (QED) is 0.902. The van der Waals surface area contributed by atoms with Gasteiger partial charge in [0.25, 0.3) is 5.56 Å². The summed E-state index contributed by atoms with van der Waals surface area (Å²) in [4.78, 5) is 18.2. The molecule has 0 amide bonds. The van der Waals surface area contributed by atoms with Gasteiger partial charge in [-0.2, -0.15) is 0 Å². The first-order chi connectivity index (χ1) is 9.09. The van der Waals surface area contributed by atoms with Crippen LogP contribution in [0.15, 0.2) is 41.5 Å². The van der Waals surface area contributed by atoms with Crippen LogP contribution >= 0.6 is 0 Å². The van der Waals surface area contributed by atoms with E-state index in [2.05, 4.69) is 10.3 Å². The Morgan fingerprint density at radius 3 is 2.84 bits per heavy atom. The number of aryl methyl sites for hydroxylation is 1. The van der Waals surface area contributed by atoms with E-state index in [1.807, 2.05) is 37.2 Å². The molecule has 19 heavy (non-hydrogen) atoms. The normalized spacial score (nSPS) is 10.3. The Morgan fingerprint density at radius 1 is 1.32 bits per heavy atom. The van der Waals surface area contributed by atoms with Gasteiger partial charge in [0.05, 0.1) is 0 Å². The summed E-state index contributed by atoms with van der Waals surface area (Å²) in [6.07, 6.45) is 3.50. The molecule has 0 aliphatic carbocycles. The molecule has 2 aromatic heterocycles. The predicted octanol–water partition coefficient (Wildman–Crippen LogP) is 1.46. The van der Waals surface area contributed by atoms with Crippen LogP contribution in [0.25, 0.3) is 0 Å². The van der Waals surface area contributed by atoms with E-state index in [-0.39, 0.29) is 5.56 Å². The Labute approximate surface area is 112 Å². The van der Waals surface area contributed by atoms with Gasteiger partial charge in [0.2, 0.25) is 0 Å². The molecule has 2 aromatic rings. The van der Waals surface area contributed by atoms with Gasteiger partial charge in [-0.25, -0.2) is 4.98 Å². The van der Waals surface area contributed by atoms with E-state index in [4.69, 9.17) is 0 Å². The van der Waals surface area contributed by atoms with Crippen molar-refractivity contribution in [3.05, 3.63) is 52.6 Å². The lowest BCUT2D eigenvalue weighted by Crippen LogP contribution is -2.21. The molecular formula is C14H18N4O. The van der Waals surface area contributed by atoms with Crippen molar-refractivity contribution in [1.29, 1.82) is 0 Å². The van der Waals surface area contributed by atoms with E-state index in [1.165, 1.54) is 0 Å². The SMILES string of the molecule is CN(C)c1ncccc1CNc1cccn(C)c1=O. The minimum atomic E-state index is -0.0298. The molecular weight excluding hydrogens is 240 g/mol. The number of hydrogen-bond acceptors (Lipinski definition) is 4. The third-order valence-corrected chi connectivity index (χ3v) is 2.88. The van der Waals surface area contributed by atoms with Crippen molar-refractivity contribution in [2.75, 3.05) is 24.3 Å². The molecule has 2 rings (SSSR count). The lowest BCUT2D eigenvalue weighted by Gasteiger charge is -2.16. The summed E-state index contributed by atoms with van der Waals surface area (Å²) in [5.74, 6) is 0.905. The van der Waals surface area contributed by atoms with Crippen LogP contribution in [0, 0.1) is 0 Å². The van der Waals surface area contributed by atoms with E-state index in [0.29, 0.717) is 12.2 Å². The highest BCUT2D eigenvalue weighted by Gasteiger charge is 2.06. The summed E-state index contributed by atoms with van der Waals surface area (Å²) in [6, 6.07) is 7.53. The van der Waals surface area contributed by atoms with E-state index in [1.54, 1.807) is 30.1 Å². The number of rotatable bonds is 4. The predicted molar refractivity (Wildman–Crippen MR) is 77.6 cm³/mol. The monoisotopic (exact) mass is 258 g/mol. The van der Waals surface area contributed by atoms with Crippen LogP contribution in [-0.2, 0) is 13.6 Å². The van der Waals surface area contributed by atoms with Gasteiger partial charge in [0.15, 0.2) is 0 Å². The molecule has 5 heteroatoms. The van der Waals surface area contributed by atoms with Crippen LogP contribution in [0.1, 0.15) is 5.56 Å². The van der Waals surface area contributed by atoms with Gasteiger partial charge in [-0.3, -0.25) is 4.79 Å². The largest absolute Gasteiger partial charge is 0.376 e. The van der Waals surface area contributed by atoms with E-state index in [9.17, 15) is 4.79 Å². The third kappa shape index (κ3) is 2.93. The smallest absolute Gasteiger partial charge is 0.273 e. The zero-order valence-corrected chi connectivity index (χ0v) is 11.4. The van der Waals surface area contributed by atoms with Gasteiger partial charge < -0.3 is 14.8 Å². The van der Waals surface area contributed by atoms with Crippen molar-refractivity contribution in [2.24, 2.45) is 7.05 Å². The van der Waals surface area contributed by atoms with Crippen LogP contribution in [-0.4, -0.2) is 23.6 Å². The maximum absolute atomic E-state index is 11.9. The van der Waals surface area contributed by atoms with Gasteiger partial charge in [0, 0.05) is 45.6 Å². The molecule has 2 heterocycles. The fourth-order valence-corrected chi connectivity index (χ4v) is 1.89. The topological polar surface area (TPSA) is 50.2 Å². The Bertz CT molecular complexity index is 619. The van der Waals surface area contributed by atoms with Crippen molar-refractivity contribution in [2.45, 2.75) is 6.54 Å². The van der Waals surface area contributed by atoms with Crippen LogP contribution in [0.4, 0.5) is 11.5 Å².